The van der Waals surface area contributed by atoms with E-state index in [2.05, 4.69) is 15.1 Å². The molecule has 1 aliphatic rings. The Morgan fingerprint density at radius 2 is 2.00 bits per heavy atom. The van der Waals surface area contributed by atoms with E-state index in [1.54, 1.807) is 30.6 Å². The number of fused-ring (bicyclic) bond motifs is 1. The topological polar surface area (TPSA) is 108 Å². The number of hydrogen-bond donors (Lipinski definition) is 0. The van der Waals surface area contributed by atoms with Crippen molar-refractivity contribution in [2.75, 3.05) is 5.75 Å². The van der Waals surface area contributed by atoms with Crippen molar-refractivity contribution in [2.24, 2.45) is 18.9 Å². The van der Waals surface area contributed by atoms with Crippen LogP contribution in [0.5, 0.6) is 0 Å². The van der Waals surface area contributed by atoms with Crippen LogP contribution in [0.2, 0.25) is 0 Å². The molecular weight excluding hydrogens is 476 g/mol. The Hall–Kier alpha value is -3.33. The Balaban J connectivity index is 1.44. The second-order valence-corrected chi connectivity index (χ2v) is 11.7. The lowest BCUT2D eigenvalue weighted by Gasteiger charge is -2.19. The molecular formula is C27H30N4O4S. The van der Waals surface area contributed by atoms with Crippen molar-refractivity contribution in [1.82, 2.24) is 19.7 Å². The summed E-state index contributed by atoms with van der Waals surface area (Å²) >= 11 is 0. The predicted molar refractivity (Wildman–Crippen MR) is 136 cm³/mol. The van der Waals surface area contributed by atoms with Crippen molar-refractivity contribution in [1.29, 1.82) is 0 Å². The maximum Gasteiger partial charge on any atom is 0.179 e. The van der Waals surface area contributed by atoms with Gasteiger partial charge in [0.2, 0.25) is 0 Å². The van der Waals surface area contributed by atoms with Crippen LogP contribution >= 0.6 is 0 Å². The van der Waals surface area contributed by atoms with Crippen LogP contribution in [0.3, 0.4) is 0 Å². The largest absolute Gasteiger partial charge is 0.361 e. The second-order valence-electron chi connectivity index (χ2n) is 9.74. The molecule has 0 radical (unpaired) electrons. The van der Waals surface area contributed by atoms with E-state index < -0.39 is 9.84 Å². The van der Waals surface area contributed by atoms with Gasteiger partial charge in [-0.1, -0.05) is 11.6 Å². The second kappa shape index (κ2) is 9.61. The molecule has 188 valence electrons. The Labute approximate surface area is 210 Å². The Morgan fingerprint density at radius 1 is 1.17 bits per heavy atom. The average molecular weight is 507 g/mol. The summed E-state index contributed by atoms with van der Waals surface area (Å²) in [5.41, 5.74) is 2.79. The van der Waals surface area contributed by atoms with Gasteiger partial charge in [0.25, 0.3) is 0 Å². The third-order valence-corrected chi connectivity index (χ3v) is 9.24. The molecule has 4 aromatic rings. The summed E-state index contributed by atoms with van der Waals surface area (Å²) < 4.78 is 35.0. The lowest BCUT2D eigenvalue weighted by atomic mass is 9.91. The molecule has 1 aromatic carbocycles. The number of rotatable bonds is 8. The number of aromatic nitrogens is 4. The lowest BCUT2D eigenvalue weighted by molar-refractivity contribution is -0.123. The number of carbonyl (C=O) groups excluding carboxylic acids is 1. The van der Waals surface area contributed by atoms with Crippen LogP contribution in [-0.4, -0.2) is 39.6 Å². The minimum absolute atomic E-state index is 0.0547. The molecule has 3 aromatic heterocycles. The van der Waals surface area contributed by atoms with Gasteiger partial charge in [-0.25, -0.2) is 13.4 Å². The zero-order valence-corrected chi connectivity index (χ0v) is 21.6. The van der Waals surface area contributed by atoms with E-state index in [9.17, 15) is 13.2 Å². The molecule has 8 nitrogen and oxygen atoms in total. The number of nitrogens with zero attached hydrogens (tertiary/aromatic N) is 4. The number of sulfone groups is 1. The van der Waals surface area contributed by atoms with Gasteiger partial charge < -0.3 is 9.09 Å². The minimum Gasteiger partial charge on any atom is -0.361 e. The molecule has 9 heteroatoms. The van der Waals surface area contributed by atoms with Gasteiger partial charge in [-0.15, -0.1) is 0 Å². The number of benzene rings is 1. The highest BCUT2D eigenvalue weighted by atomic mass is 32.2. The van der Waals surface area contributed by atoms with Crippen LogP contribution in [0, 0.1) is 25.7 Å². The van der Waals surface area contributed by atoms with Crippen LogP contribution in [0.25, 0.3) is 22.0 Å². The van der Waals surface area contributed by atoms with Gasteiger partial charge in [-0.05, 0) is 62.4 Å². The fraction of sp³-hybridized carbons (Fsp3) is 0.407. The highest BCUT2D eigenvalue weighted by Crippen LogP contribution is 2.38. The summed E-state index contributed by atoms with van der Waals surface area (Å²) in [6.45, 7) is 3.65. The van der Waals surface area contributed by atoms with E-state index in [4.69, 9.17) is 4.52 Å². The van der Waals surface area contributed by atoms with Crippen LogP contribution in [0.4, 0.5) is 0 Å². The standard InChI is InChI=1S/C27H30N4O4S/c1-17-27(18(2)35-30-17)20-14-23-22(8-5-11-28-23)25(15-20)36(33,34)16-19-6-4-7-21(19)24(32)9-10-26-29-12-13-31(26)3/h5,8,11-15,19,21H,4,6-7,9-10,16H2,1-3H3/t19-,21?/m0/s1. The molecule has 0 bridgehead atoms. The van der Waals surface area contributed by atoms with E-state index in [-0.39, 0.29) is 28.3 Å². The summed E-state index contributed by atoms with van der Waals surface area (Å²) in [5.74, 6) is 1.13. The van der Waals surface area contributed by atoms with Gasteiger partial charge in [0, 0.05) is 55.3 Å². The Bertz CT molecular complexity index is 1520. The van der Waals surface area contributed by atoms with Gasteiger partial charge in [-0.3, -0.25) is 9.78 Å². The number of pyridine rings is 1. The number of aryl methyl sites for hydroxylation is 4. The summed E-state index contributed by atoms with van der Waals surface area (Å²) in [6.07, 6.45) is 8.51. The van der Waals surface area contributed by atoms with Crippen molar-refractivity contribution in [3.8, 4) is 11.1 Å². The normalized spacial score (nSPS) is 18.2. The van der Waals surface area contributed by atoms with Gasteiger partial charge in [0.15, 0.2) is 9.84 Å². The van der Waals surface area contributed by atoms with E-state index in [1.807, 2.05) is 37.7 Å². The predicted octanol–water partition coefficient (Wildman–Crippen LogP) is 4.63. The molecule has 0 N–H and O–H groups in total. The molecule has 5 rings (SSSR count). The molecule has 0 saturated heterocycles. The summed E-state index contributed by atoms with van der Waals surface area (Å²) in [6, 6.07) is 7.12. The smallest absolute Gasteiger partial charge is 0.179 e. The third kappa shape index (κ3) is 4.59. The number of carbonyl (C=O) groups is 1. The monoisotopic (exact) mass is 506 g/mol. The fourth-order valence-corrected chi connectivity index (χ4v) is 7.49. The van der Waals surface area contributed by atoms with Crippen molar-refractivity contribution < 1.29 is 17.7 Å². The van der Waals surface area contributed by atoms with Crippen molar-refractivity contribution in [3.05, 3.63) is 60.1 Å². The number of ketones is 1. The molecule has 0 amide bonds. The van der Waals surface area contributed by atoms with E-state index >= 15 is 0 Å². The zero-order valence-electron chi connectivity index (χ0n) is 20.8. The van der Waals surface area contributed by atoms with Crippen LogP contribution in [0.15, 0.2) is 52.3 Å². The maximum atomic E-state index is 13.9. The lowest BCUT2D eigenvalue weighted by Crippen LogP contribution is -2.26. The van der Waals surface area contributed by atoms with Gasteiger partial charge in [0.1, 0.15) is 17.4 Å². The van der Waals surface area contributed by atoms with Crippen molar-refractivity contribution in [3.63, 3.8) is 0 Å². The number of Topliss-reactive ketones (excluding diaryl/α,β-unsaturated/α-hetero) is 1. The summed E-state index contributed by atoms with van der Waals surface area (Å²) in [4.78, 5) is 22.1. The zero-order chi connectivity index (χ0) is 25.4. The Kier molecular flexibility index (Phi) is 6.51. The molecule has 3 heterocycles. The minimum atomic E-state index is -3.70. The molecule has 0 spiro atoms. The van der Waals surface area contributed by atoms with E-state index in [0.717, 1.165) is 30.7 Å². The highest BCUT2D eigenvalue weighted by molar-refractivity contribution is 7.91. The van der Waals surface area contributed by atoms with E-state index in [0.29, 0.717) is 40.8 Å². The molecule has 1 aliphatic carbocycles. The average Bonchev–Trinajstić information content (AvgIpc) is 3.57. The van der Waals surface area contributed by atoms with Crippen LogP contribution in [-0.2, 0) is 28.1 Å². The molecule has 1 unspecified atom stereocenters. The first kappa shape index (κ1) is 24.4. The van der Waals surface area contributed by atoms with E-state index in [1.165, 1.54) is 0 Å². The van der Waals surface area contributed by atoms with Crippen molar-refractivity contribution >= 4 is 26.5 Å². The van der Waals surface area contributed by atoms with Crippen LogP contribution in [0.1, 0.15) is 43.0 Å². The van der Waals surface area contributed by atoms with Gasteiger partial charge in [-0.2, -0.15) is 0 Å². The maximum absolute atomic E-state index is 13.9. The van der Waals surface area contributed by atoms with Crippen LogP contribution < -0.4 is 0 Å². The molecule has 1 saturated carbocycles. The van der Waals surface area contributed by atoms with Gasteiger partial charge in [0.05, 0.1) is 21.9 Å². The highest BCUT2D eigenvalue weighted by Gasteiger charge is 2.36. The summed E-state index contributed by atoms with van der Waals surface area (Å²) in [7, 11) is -1.79. The molecule has 2 atom stereocenters. The third-order valence-electron chi connectivity index (χ3n) is 7.36. The molecule has 0 aliphatic heterocycles. The first-order valence-corrected chi connectivity index (χ1v) is 13.9. The first-order valence-electron chi connectivity index (χ1n) is 12.3. The number of imidazole rings is 1. The van der Waals surface area contributed by atoms with Crippen molar-refractivity contribution in [2.45, 2.75) is 50.8 Å². The van der Waals surface area contributed by atoms with Gasteiger partial charge >= 0.3 is 0 Å². The summed E-state index contributed by atoms with van der Waals surface area (Å²) in [5, 5.41) is 4.62. The number of hydrogen-bond acceptors (Lipinski definition) is 7. The Morgan fingerprint density at radius 3 is 2.72 bits per heavy atom. The molecule has 36 heavy (non-hydrogen) atoms. The quantitative estimate of drug-likeness (QED) is 0.343. The first-order chi connectivity index (χ1) is 17.2. The SMILES string of the molecule is Cc1noc(C)c1-c1cc(S(=O)(=O)C[C@@H]2CCCC2C(=O)CCc2nccn2C)c2cccnc2c1. The molecule has 1 fully saturated rings. The fourth-order valence-electron chi connectivity index (χ4n) is 5.54.